The van der Waals surface area contributed by atoms with Gasteiger partial charge in [0.05, 0.1) is 0 Å². The van der Waals surface area contributed by atoms with E-state index >= 15 is 0 Å². The molecule has 2 atom stereocenters. The van der Waals surface area contributed by atoms with E-state index in [0.717, 1.165) is 19.3 Å². The highest BCUT2D eigenvalue weighted by atomic mass is 16.1. The summed E-state index contributed by atoms with van der Waals surface area (Å²) in [7, 11) is 0. The minimum Gasteiger partial charge on any atom is -0.299 e. The molecule has 0 aromatic rings. The van der Waals surface area contributed by atoms with Crippen molar-refractivity contribution in [2.24, 2.45) is 28.6 Å². The molecule has 0 aromatic carbocycles. The van der Waals surface area contributed by atoms with E-state index in [1.54, 1.807) is 11.1 Å². The van der Waals surface area contributed by atoms with Gasteiger partial charge in [-0.1, -0.05) is 78.2 Å². The van der Waals surface area contributed by atoms with Gasteiger partial charge < -0.3 is 0 Å². The Morgan fingerprint density at radius 3 is 2.00 bits per heavy atom. The van der Waals surface area contributed by atoms with Crippen LogP contribution in [0.2, 0.25) is 0 Å². The first-order valence-corrected chi connectivity index (χ1v) is 8.57. The topological polar surface area (TPSA) is 17.1 Å². The van der Waals surface area contributed by atoms with Crippen LogP contribution >= 0.6 is 0 Å². The predicted molar refractivity (Wildman–Crippen MR) is 90.1 cm³/mol. The summed E-state index contributed by atoms with van der Waals surface area (Å²) < 4.78 is 0. The molecule has 0 N–H and O–H groups in total. The molecule has 21 heavy (non-hydrogen) atoms. The Hall–Kier alpha value is -0.850. The zero-order chi connectivity index (χ0) is 16.0. The second kappa shape index (κ2) is 5.41. The monoisotopic (exact) mass is 288 g/mol. The first-order chi connectivity index (χ1) is 9.60. The first kappa shape index (κ1) is 16.5. The number of carbonyl (C=O) groups is 1. The predicted octanol–water partition coefficient (Wildman–Crippen LogP) is 5.57. The lowest BCUT2D eigenvalue weighted by Crippen LogP contribution is -2.38. The van der Waals surface area contributed by atoms with Crippen molar-refractivity contribution in [3.05, 3.63) is 23.3 Å². The summed E-state index contributed by atoms with van der Waals surface area (Å²) in [5.74, 6) is 1.38. The molecule has 1 heteroatoms. The SMILES string of the molecule is CCC1CC2=C(CC1C(=O)C(C)C)C(C)(C)C=CC2(C)C. The van der Waals surface area contributed by atoms with E-state index in [1.165, 1.54) is 0 Å². The Labute approximate surface area is 130 Å². The maximum Gasteiger partial charge on any atom is 0.139 e. The molecule has 2 rings (SSSR count). The summed E-state index contributed by atoms with van der Waals surface area (Å²) in [5, 5.41) is 0. The molecule has 0 radical (unpaired) electrons. The zero-order valence-corrected chi connectivity index (χ0v) is 14.9. The van der Waals surface area contributed by atoms with Crippen LogP contribution in [0.3, 0.4) is 0 Å². The minimum atomic E-state index is 0.110. The van der Waals surface area contributed by atoms with Crippen molar-refractivity contribution in [3.8, 4) is 0 Å². The van der Waals surface area contributed by atoms with E-state index in [0.29, 0.717) is 11.7 Å². The van der Waals surface area contributed by atoms with Crippen molar-refractivity contribution in [2.75, 3.05) is 0 Å². The van der Waals surface area contributed by atoms with Gasteiger partial charge in [0, 0.05) is 22.7 Å². The Balaban J connectivity index is 2.44. The quantitative estimate of drug-likeness (QED) is 0.621. The molecule has 0 spiro atoms. The van der Waals surface area contributed by atoms with Crippen LogP contribution in [0.25, 0.3) is 0 Å². The maximum absolute atomic E-state index is 12.7. The lowest BCUT2D eigenvalue weighted by Gasteiger charge is -2.46. The van der Waals surface area contributed by atoms with E-state index in [-0.39, 0.29) is 22.7 Å². The molecule has 2 aliphatic rings. The van der Waals surface area contributed by atoms with Crippen molar-refractivity contribution >= 4 is 5.78 Å². The molecule has 0 aromatic heterocycles. The Bertz CT molecular complexity index is 488. The van der Waals surface area contributed by atoms with Gasteiger partial charge in [0.2, 0.25) is 0 Å². The second-order valence-corrected chi connectivity index (χ2v) is 8.47. The van der Waals surface area contributed by atoms with Crippen LogP contribution < -0.4 is 0 Å². The van der Waals surface area contributed by atoms with Crippen LogP contribution in [0.15, 0.2) is 23.3 Å². The van der Waals surface area contributed by atoms with E-state index < -0.39 is 0 Å². The summed E-state index contributed by atoms with van der Waals surface area (Å²) >= 11 is 0. The van der Waals surface area contributed by atoms with E-state index in [1.807, 2.05) is 0 Å². The van der Waals surface area contributed by atoms with Gasteiger partial charge in [-0.15, -0.1) is 0 Å². The number of carbonyl (C=O) groups excluding carboxylic acids is 1. The lowest BCUT2D eigenvalue weighted by molar-refractivity contribution is -0.128. The summed E-state index contributed by atoms with van der Waals surface area (Å²) in [6, 6.07) is 0. The number of Topliss-reactive ketones (excluding diaryl/α,β-unsaturated/α-hetero) is 1. The fourth-order valence-electron chi connectivity index (χ4n) is 4.15. The van der Waals surface area contributed by atoms with E-state index in [9.17, 15) is 4.79 Å². The smallest absolute Gasteiger partial charge is 0.139 e. The van der Waals surface area contributed by atoms with Crippen molar-refractivity contribution < 1.29 is 4.79 Å². The Morgan fingerprint density at radius 1 is 1.10 bits per heavy atom. The zero-order valence-electron chi connectivity index (χ0n) is 14.9. The Kier molecular flexibility index (Phi) is 4.26. The van der Waals surface area contributed by atoms with Crippen LogP contribution in [-0.2, 0) is 4.79 Å². The van der Waals surface area contributed by atoms with Gasteiger partial charge in [0.1, 0.15) is 5.78 Å². The number of hydrogen-bond acceptors (Lipinski definition) is 1. The average Bonchev–Trinajstić information content (AvgIpc) is 2.41. The molecule has 0 bridgehead atoms. The van der Waals surface area contributed by atoms with Crippen molar-refractivity contribution in [3.63, 3.8) is 0 Å². The average molecular weight is 288 g/mol. The third-order valence-corrected chi connectivity index (χ3v) is 5.75. The highest BCUT2D eigenvalue weighted by Crippen LogP contribution is 2.53. The van der Waals surface area contributed by atoms with Gasteiger partial charge in [-0.05, 0) is 18.8 Å². The fraction of sp³-hybridized carbons (Fsp3) is 0.750. The van der Waals surface area contributed by atoms with Gasteiger partial charge >= 0.3 is 0 Å². The van der Waals surface area contributed by atoms with Crippen molar-refractivity contribution in [1.82, 2.24) is 0 Å². The van der Waals surface area contributed by atoms with Crippen LogP contribution in [0.1, 0.15) is 67.7 Å². The van der Waals surface area contributed by atoms with Gasteiger partial charge in [-0.2, -0.15) is 0 Å². The van der Waals surface area contributed by atoms with Gasteiger partial charge in [0.25, 0.3) is 0 Å². The second-order valence-electron chi connectivity index (χ2n) is 8.47. The largest absolute Gasteiger partial charge is 0.299 e. The molecule has 0 saturated heterocycles. The minimum absolute atomic E-state index is 0.110. The third kappa shape index (κ3) is 2.89. The Morgan fingerprint density at radius 2 is 1.57 bits per heavy atom. The lowest BCUT2D eigenvalue weighted by atomic mass is 9.58. The van der Waals surface area contributed by atoms with Crippen molar-refractivity contribution in [2.45, 2.75) is 67.7 Å². The summed E-state index contributed by atoms with van der Waals surface area (Å²) in [6.45, 7) is 15.6. The van der Waals surface area contributed by atoms with Crippen LogP contribution in [0, 0.1) is 28.6 Å². The molecule has 0 amide bonds. The molecule has 0 saturated carbocycles. The molecule has 1 nitrogen and oxygen atoms in total. The molecule has 0 fully saturated rings. The van der Waals surface area contributed by atoms with Crippen LogP contribution in [0.5, 0.6) is 0 Å². The number of hydrogen-bond donors (Lipinski definition) is 0. The highest BCUT2D eigenvalue weighted by molar-refractivity contribution is 5.83. The summed E-state index contributed by atoms with van der Waals surface area (Å²) in [4.78, 5) is 12.7. The molecule has 2 aliphatic carbocycles. The standard InChI is InChI=1S/C20H32O/c1-8-14-11-16-17(12-15(14)18(21)13(2)3)20(6,7)10-9-19(16,4)5/h9-10,13-15H,8,11-12H2,1-7H3. The molecule has 0 heterocycles. The summed E-state index contributed by atoms with van der Waals surface area (Å²) in [5.41, 5.74) is 3.41. The fourth-order valence-corrected chi connectivity index (χ4v) is 4.15. The van der Waals surface area contributed by atoms with Crippen molar-refractivity contribution in [1.29, 1.82) is 0 Å². The van der Waals surface area contributed by atoms with Gasteiger partial charge in [-0.25, -0.2) is 0 Å². The van der Waals surface area contributed by atoms with Crippen LogP contribution in [-0.4, -0.2) is 5.78 Å². The van der Waals surface area contributed by atoms with Crippen LogP contribution in [0.4, 0.5) is 0 Å². The molecule has 118 valence electrons. The first-order valence-electron chi connectivity index (χ1n) is 8.57. The number of ketones is 1. The van der Waals surface area contributed by atoms with Gasteiger partial charge in [-0.3, -0.25) is 4.79 Å². The molecule has 0 aliphatic heterocycles. The number of rotatable bonds is 3. The maximum atomic E-state index is 12.7. The van der Waals surface area contributed by atoms with E-state index in [2.05, 4.69) is 60.6 Å². The summed E-state index contributed by atoms with van der Waals surface area (Å²) in [6.07, 6.45) is 7.93. The third-order valence-electron chi connectivity index (χ3n) is 5.75. The van der Waals surface area contributed by atoms with E-state index in [4.69, 9.17) is 0 Å². The highest BCUT2D eigenvalue weighted by Gasteiger charge is 2.43. The normalized spacial score (nSPS) is 30.5. The molecular formula is C20H32O. The number of allylic oxidation sites excluding steroid dienone is 4. The van der Waals surface area contributed by atoms with Gasteiger partial charge in [0.15, 0.2) is 0 Å². The molecular weight excluding hydrogens is 256 g/mol. The molecule has 2 unspecified atom stereocenters.